The molecule has 0 aromatic heterocycles. The standard InChI is InChI=1S/C14H12FN3O2S/c1-18(13-5-3-2-4-10(13)9-16)21(19,20)14-8-11(17)6-7-12(14)15/h2-8H,17H2,1H3. The Labute approximate surface area is 122 Å². The number of rotatable bonds is 3. The molecule has 0 saturated heterocycles. The third-order valence-electron chi connectivity index (χ3n) is 2.96. The van der Waals surface area contributed by atoms with Gasteiger partial charge in [0.2, 0.25) is 0 Å². The van der Waals surface area contributed by atoms with E-state index in [9.17, 15) is 12.8 Å². The summed E-state index contributed by atoms with van der Waals surface area (Å²) in [6.45, 7) is 0. The van der Waals surface area contributed by atoms with Crippen molar-refractivity contribution in [2.24, 2.45) is 0 Å². The van der Waals surface area contributed by atoms with Crippen LogP contribution < -0.4 is 10.0 Å². The van der Waals surface area contributed by atoms with Gasteiger partial charge in [0, 0.05) is 12.7 Å². The zero-order valence-corrected chi connectivity index (χ0v) is 11.9. The Kier molecular flexibility index (Phi) is 3.82. The summed E-state index contributed by atoms with van der Waals surface area (Å²) >= 11 is 0. The first-order valence-corrected chi connectivity index (χ1v) is 7.35. The second-order valence-electron chi connectivity index (χ2n) is 4.29. The van der Waals surface area contributed by atoms with Crippen molar-refractivity contribution in [3.8, 4) is 6.07 Å². The lowest BCUT2D eigenvalue weighted by atomic mass is 10.2. The molecular formula is C14H12FN3O2S. The van der Waals surface area contributed by atoms with Crippen LogP contribution in [0.2, 0.25) is 0 Å². The van der Waals surface area contributed by atoms with Crippen molar-refractivity contribution >= 4 is 21.4 Å². The fraction of sp³-hybridized carbons (Fsp3) is 0.0714. The number of halogens is 1. The lowest BCUT2D eigenvalue weighted by Crippen LogP contribution is -2.28. The SMILES string of the molecule is CN(c1ccccc1C#N)S(=O)(=O)c1cc(N)ccc1F. The molecule has 2 aromatic rings. The van der Waals surface area contributed by atoms with Crippen molar-refractivity contribution in [3.63, 3.8) is 0 Å². The van der Waals surface area contributed by atoms with E-state index in [0.29, 0.717) is 0 Å². The largest absolute Gasteiger partial charge is 0.399 e. The molecule has 0 aliphatic heterocycles. The predicted molar refractivity (Wildman–Crippen MR) is 77.6 cm³/mol. The van der Waals surface area contributed by atoms with Crippen molar-refractivity contribution < 1.29 is 12.8 Å². The molecule has 7 heteroatoms. The van der Waals surface area contributed by atoms with Gasteiger partial charge in [0.25, 0.3) is 10.0 Å². The molecule has 0 bridgehead atoms. The van der Waals surface area contributed by atoms with Crippen LogP contribution in [0.25, 0.3) is 0 Å². The van der Waals surface area contributed by atoms with E-state index in [2.05, 4.69) is 0 Å². The molecule has 0 aliphatic carbocycles. The molecule has 0 heterocycles. The minimum Gasteiger partial charge on any atom is -0.399 e. The number of hydrogen-bond donors (Lipinski definition) is 1. The van der Waals surface area contributed by atoms with Crippen LogP contribution in [0, 0.1) is 17.1 Å². The maximum atomic E-state index is 13.8. The first-order chi connectivity index (χ1) is 9.87. The molecule has 0 fully saturated rings. The number of benzene rings is 2. The van der Waals surface area contributed by atoms with Crippen molar-refractivity contribution in [2.75, 3.05) is 17.1 Å². The first kappa shape index (κ1) is 14.8. The summed E-state index contributed by atoms with van der Waals surface area (Å²) in [5, 5.41) is 9.04. The average molecular weight is 305 g/mol. The van der Waals surface area contributed by atoms with Gasteiger partial charge in [-0.3, -0.25) is 4.31 Å². The summed E-state index contributed by atoms with van der Waals surface area (Å²) in [6.07, 6.45) is 0. The highest BCUT2D eigenvalue weighted by atomic mass is 32.2. The van der Waals surface area contributed by atoms with Gasteiger partial charge in [0.05, 0.1) is 11.3 Å². The average Bonchev–Trinajstić information content (AvgIpc) is 2.48. The Morgan fingerprint density at radius 2 is 1.90 bits per heavy atom. The molecule has 0 unspecified atom stereocenters. The van der Waals surface area contributed by atoms with Crippen LogP contribution in [-0.4, -0.2) is 15.5 Å². The van der Waals surface area contributed by atoms with E-state index in [-0.39, 0.29) is 16.9 Å². The lowest BCUT2D eigenvalue weighted by Gasteiger charge is -2.21. The van der Waals surface area contributed by atoms with E-state index in [1.807, 2.05) is 6.07 Å². The summed E-state index contributed by atoms with van der Waals surface area (Å²) in [7, 11) is -2.89. The molecule has 0 radical (unpaired) electrons. The van der Waals surface area contributed by atoms with Gasteiger partial charge < -0.3 is 5.73 Å². The number of nitrogens with zero attached hydrogens (tertiary/aromatic N) is 2. The van der Waals surface area contributed by atoms with Crippen molar-refractivity contribution in [3.05, 3.63) is 53.8 Å². The van der Waals surface area contributed by atoms with Gasteiger partial charge >= 0.3 is 0 Å². The molecule has 0 amide bonds. The van der Waals surface area contributed by atoms with Gasteiger partial charge in [-0.1, -0.05) is 12.1 Å². The smallest absolute Gasteiger partial charge is 0.267 e. The van der Waals surface area contributed by atoms with E-state index in [4.69, 9.17) is 11.0 Å². The molecular weight excluding hydrogens is 293 g/mol. The topological polar surface area (TPSA) is 87.2 Å². The molecule has 0 atom stereocenters. The van der Waals surface area contributed by atoms with Crippen LogP contribution in [0.3, 0.4) is 0 Å². The molecule has 0 spiro atoms. The molecule has 2 aromatic carbocycles. The third kappa shape index (κ3) is 2.66. The van der Waals surface area contributed by atoms with Gasteiger partial charge in [-0.05, 0) is 30.3 Å². The number of nitrogens with two attached hydrogens (primary N) is 1. The lowest BCUT2D eigenvalue weighted by molar-refractivity contribution is 0.566. The van der Waals surface area contributed by atoms with Gasteiger partial charge in [0.1, 0.15) is 16.8 Å². The first-order valence-electron chi connectivity index (χ1n) is 5.91. The number of hydrogen-bond acceptors (Lipinski definition) is 4. The fourth-order valence-electron chi connectivity index (χ4n) is 1.84. The second kappa shape index (κ2) is 5.42. The van der Waals surface area contributed by atoms with Crippen molar-refractivity contribution in [1.82, 2.24) is 0 Å². The molecule has 2 rings (SSSR count). The minimum atomic E-state index is -4.15. The fourth-order valence-corrected chi connectivity index (χ4v) is 3.15. The molecule has 108 valence electrons. The van der Waals surface area contributed by atoms with Crippen LogP contribution in [0.5, 0.6) is 0 Å². The van der Waals surface area contributed by atoms with Gasteiger partial charge in [0.15, 0.2) is 0 Å². The van der Waals surface area contributed by atoms with E-state index < -0.39 is 20.7 Å². The number of sulfonamides is 1. The van der Waals surface area contributed by atoms with Crippen LogP contribution in [0.15, 0.2) is 47.4 Å². The Bertz CT molecular complexity index is 828. The summed E-state index contributed by atoms with van der Waals surface area (Å²) in [6, 6.07) is 11.4. The monoisotopic (exact) mass is 305 g/mol. The van der Waals surface area contributed by atoms with E-state index in [1.165, 1.54) is 25.2 Å². The van der Waals surface area contributed by atoms with Crippen LogP contribution >= 0.6 is 0 Å². The summed E-state index contributed by atoms with van der Waals surface area (Å²) in [4.78, 5) is -0.530. The summed E-state index contributed by atoms with van der Waals surface area (Å²) in [5.41, 5.74) is 6.00. The zero-order valence-electron chi connectivity index (χ0n) is 11.1. The van der Waals surface area contributed by atoms with Crippen LogP contribution in [0.4, 0.5) is 15.8 Å². The van der Waals surface area contributed by atoms with Crippen molar-refractivity contribution in [2.45, 2.75) is 4.90 Å². The highest BCUT2D eigenvalue weighted by molar-refractivity contribution is 7.92. The maximum Gasteiger partial charge on any atom is 0.267 e. The molecule has 2 N–H and O–H groups in total. The Balaban J connectivity index is 2.59. The van der Waals surface area contributed by atoms with Crippen LogP contribution in [0.1, 0.15) is 5.56 Å². The molecule has 5 nitrogen and oxygen atoms in total. The quantitative estimate of drug-likeness (QED) is 0.880. The Morgan fingerprint density at radius 3 is 2.57 bits per heavy atom. The molecule has 0 saturated carbocycles. The zero-order chi connectivity index (χ0) is 15.6. The highest BCUT2D eigenvalue weighted by Crippen LogP contribution is 2.27. The predicted octanol–water partition coefficient (Wildman–Crippen LogP) is 2.10. The van der Waals surface area contributed by atoms with E-state index in [1.54, 1.807) is 12.1 Å². The maximum absolute atomic E-state index is 13.8. The summed E-state index contributed by atoms with van der Waals surface area (Å²) in [5.74, 6) is -0.898. The Morgan fingerprint density at radius 1 is 1.24 bits per heavy atom. The normalized spacial score (nSPS) is 10.9. The number of anilines is 2. The third-order valence-corrected chi connectivity index (χ3v) is 4.74. The molecule has 0 aliphatic rings. The van der Waals surface area contributed by atoms with E-state index >= 15 is 0 Å². The Hall–Kier alpha value is -2.59. The van der Waals surface area contributed by atoms with Gasteiger partial charge in [-0.15, -0.1) is 0 Å². The number of nitrogen functional groups attached to an aromatic ring is 1. The van der Waals surface area contributed by atoms with Crippen molar-refractivity contribution in [1.29, 1.82) is 5.26 Å². The van der Waals surface area contributed by atoms with E-state index in [0.717, 1.165) is 16.4 Å². The van der Waals surface area contributed by atoms with Gasteiger partial charge in [-0.25, -0.2) is 12.8 Å². The highest BCUT2D eigenvalue weighted by Gasteiger charge is 2.26. The summed E-state index contributed by atoms with van der Waals surface area (Å²) < 4.78 is 39.7. The van der Waals surface area contributed by atoms with Crippen LogP contribution in [-0.2, 0) is 10.0 Å². The second-order valence-corrected chi connectivity index (χ2v) is 6.23. The number of para-hydroxylation sites is 1. The minimum absolute atomic E-state index is 0.136. The van der Waals surface area contributed by atoms with Gasteiger partial charge in [-0.2, -0.15) is 5.26 Å². The number of nitriles is 1. The molecule has 21 heavy (non-hydrogen) atoms.